The molecular weight excluding hydrogens is 326 g/mol. The van der Waals surface area contributed by atoms with Crippen molar-refractivity contribution in [1.82, 2.24) is 10.2 Å². The summed E-state index contributed by atoms with van der Waals surface area (Å²) in [5, 5.41) is 2.86. The molecule has 0 saturated carbocycles. The molecule has 0 unspecified atom stereocenters. The van der Waals surface area contributed by atoms with Crippen LogP contribution in [0.2, 0.25) is 0 Å². The number of carbonyl (C=O) groups is 2. The van der Waals surface area contributed by atoms with Gasteiger partial charge in [-0.1, -0.05) is 54.6 Å². The van der Waals surface area contributed by atoms with E-state index in [0.717, 1.165) is 5.56 Å². The van der Waals surface area contributed by atoms with E-state index in [1.54, 1.807) is 0 Å². The first-order valence-electron chi connectivity index (χ1n) is 9.05. The van der Waals surface area contributed by atoms with Crippen molar-refractivity contribution < 1.29 is 9.59 Å². The second-order valence-corrected chi connectivity index (χ2v) is 6.69. The Kier molecular flexibility index (Phi) is 6.02. The molecule has 1 aliphatic rings. The summed E-state index contributed by atoms with van der Waals surface area (Å²) >= 11 is 0. The van der Waals surface area contributed by atoms with Gasteiger partial charge in [0.1, 0.15) is 0 Å². The number of benzene rings is 2. The Hall–Kier alpha value is -2.66. The third-order valence-electron chi connectivity index (χ3n) is 4.72. The van der Waals surface area contributed by atoms with Gasteiger partial charge in [0.2, 0.25) is 11.8 Å². The van der Waals surface area contributed by atoms with E-state index in [1.807, 2.05) is 47.4 Å². The molecule has 0 radical (unpaired) electrons. The molecule has 136 valence electrons. The first-order valence-corrected chi connectivity index (χ1v) is 9.05. The van der Waals surface area contributed by atoms with Gasteiger partial charge in [-0.2, -0.15) is 0 Å². The van der Waals surface area contributed by atoms with Gasteiger partial charge in [0, 0.05) is 38.5 Å². The molecular formula is C21H25N3O2. The van der Waals surface area contributed by atoms with Crippen LogP contribution in [0.25, 0.3) is 0 Å². The van der Waals surface area contributed by atoms with Gasteiger partial charge in [-0.3, -0.25) is 9.59 Å². The molecule has 5 heteroatoms. The zero-order valence-electron chi connectivity index (χ0n) is 14.9. The van der Waals surface area contributed by atoms with E-state index < -0.39 is 0 Å². The fraction of sp³-hybridized carbons (Fsp3) is 0.333. The molecule has 2 amide bonds. The Morgan fingerprint density at radius 1 is 1.00 bits per heavy atom. The Labute approximate surface area is 154 Å². The van der Waals surface area contributed by atoms with E-state index in [0.29, 0.717) is 32.5 Å². The summed E-state index contributed by atoms with van der Waals surface area (Å²) in [7, 11) is 0. The van der Waals surface area contributed by atoms with Crippen LogP contribution in [0.15, 0.2) is 54.6 Å². The van der Waals surface area contributed by atoms with Crippen molar-refractivity contribution >= 4 is 11.8 Å². The Morgan fingerprint density at radius 2 is 1.62 bits per heavy atom. The van der Waals surface area contributed by atoms with Gasteiger partial charge in [0.05, 0.1) is 0 Å². The van der Waals surface area contributed by atoms with Crippen LogP contribution in [-0.4, -0.2) is 23.3 Å². The summed E-state index contributed by atoms with van der Waals surface area (Å²) in [5.74, 6) is 0.0545. The lowest BCUT2D eigenvalue weighted by atomic mass is 10.0. The lowest BCUT2D eigenvalue weighted by Gasteiger charge is -2.15. The van der Waals surface area contributed by atoms with E-state index >= 15 is 0 Å². The molecule has 1 atom stereocenters. The predicted molar refractivity (Wildman–Crippen MR) is 101 cm³/mol. The fourth-order valence-electron chi connectivity index (χ4n) is 3.23. The molecule has 1 heterocycles. The molecule has 1 aliphatic heterocycles. The molecule has 0 spiro atoms. The molecule has 0 aromatic heterocycles. The van der Waals surface area contributed by atoms with Crippen LogP contribution in [0, 0.1) is 0 Å². The minimum absolute atomic E-state index is 0.0811. The second kappa shape index (κ2) is 8.63. The summed E-state index contributed by atoms with van der Waals surface area (Å²) in [5.41, 5.74) is 9.45. The van der Waals surface area contributed by atoms with E-state index in [9.17, 15) is 9.59 Å². The summed E-state index contributed by atoms with van der Waals surface area (Å²) in [6.07, 6.45) is 1.33. The smallest absolute Gasteiger partial charge is 0.223 e. The third kappa shape index (κ3) is 4.70. The van der Waals surface area contributed by atoms with Gasteiger partial charge in [-0.05, 0) is 23.1 Å². The molecule has 3 rings (SSSR count). The van der Waals surface area contributed by atoms with Crippen LogP contribution in [0.4, 0.5) is 0 Å². The lowest BCUT2D eigenvalue weighted by Crippen LogP contribution is -2.30. The van der Waals surface area contributed by atoms with E-state index in [-0.39, 0.29) is 24.3 Å². The quantitative estimate of drug-likeness (QED) is 0.753. The maximum Gasteiger partial charge on any atom is 0.223 e. The number of nitrogens with one attached hydrogen (secondary N) is 1. The number of nitrogens with zero attached hydrogens (tertiary/aromatic N) is 1. The highest BCUT2D eigenvalue weighted by atomic mass is 16.2. The van der Waals surface area contributed by atoms with Crippen LogP contribution >= 0.6 is 0 Å². The number of carbonyl (C=O) groups excluding carboxylic acids is 2. The van der Waals surface area contributed by atoms with Crippen molar-refractivity contribution in [2.75, 3.05) is 6.54 Å². The molecule has 5 nitrogen and oxygen atoms in total. The first kappa shape index (κ1) is 18.1. The second-order valence-electron chi connectivity index (χ2n) is 6.69. The van der Waals surface area contributed by atoms with Gasteiger partial charge >= 0.3 is 0 Å². The number of nitrogens with two attached hydrogens (primary N) is 1. The zero-order valence-corrected chi connectivity index (χ0v) is 14.9. The summed E-state index contributed by atoms with van der Waals surface area (Å²) in [6, 6.07) is 17.4. The highest BCUT2D eigenvalue weighted by Crippen LogP contribution is 2.22. The van der Waals surface area contributed by atoms with Crippen molar-refractivity contribution in [3.63, 3.8) is 0 Å². The molecule has 0 aliphatic carbocycles. The summed E-state index contributed by atoms with van der Waals surface area (Å²) in [4.78, 5) is 26.2. The van der Waals surface area contributed by atoms with Crippen molar-refractivity contribution in [2.24, 2.45) is 5.73 Å². The van der Waals surface area contributed by atoms with Gasteiger partial charge < -0.3 is 16.0 Å². The SMILES string of the molecule is N[C@@H](CC(=O)NCCCC(=O)N1Cc2ccccc2C1)c1ccccc1. The Balaban J connectivity index is 1.34. The monoisotopic (exact) mass is 351 g/mol. The third-order valence-corrected chi connectivity index (χ3v) is 4.72. The molecule has 2 aromatic rings. The Morgan fingerprint density at radius 3 is 2.27 bits per heavy atom. The number of hydrogen-bond donors (Lipinski definition) is 2. The predicted octanol–water partition coefficient (Wildman–Crippen LogP) is 2.52. The highest BCUT2D eigenvalue weighted by molar-refractivity contribution is 5.78. The van der Waals surface area contributed by atoms with Crippen LogP contribution < -0.4 is 11.1 Å². The molecule has 2 aromatic carbocycles. The lowest BCUT2D eigenvalue weighted by molar-refractivity contribution is -0.132. The van der Waals surface area contributed by atoms with Gasteiger partial charge in [0.25, 0.3) is 0 Å². The standard InChI is InChI=1S/C21H25N3O2/c22-19(16-7-2-1-3-8-16)13-20(25)23-12-6-11-21(26)24-14-17-9-4-5-10-18(17)15-24/h1-5,7-10,19H,6,11-15,22H2,(H,23,25)/t19-/m0/s1. The van der Waals surface area contributed by atoms with Crippen molar-refractivity contribution in [3.8, 4) is 0 Å². The van der Waals surface area contributed by atoms with Crippen molar-refractivity contribution in [3.05, 3.63) is 71.3 Å². The first-order chi connectivity index (χ1) is 12.6. The highest BCUT2D eigenvalue weighted by Gasteiger charge is 2.22. The minimum atomic E-state index is -0.305. The molecule has 0 bridgehead atoms. The van der Waals surface area contributed by atoms with Crippen LogP contribution in [0.1, 0.15) is 42.0 Å². The van der Waals surface area contributed by atoms with E-state index in [2.05, 4.69) is 17.4 Å². The van der Waals surface area contributed by atoms with E-state index in [4.69, 9.17) is 5.73 Å². The molecule has 0 saturated heterocycles. The number of hydrogen-bond acceptors (Lipinski definition) is 3. The van der Waals surface area contributed by atoms with Crippen molar-refractivity contribution in [2.45, 2.75) is 38.4 Å². The average molecular weight is 351 g/mol. The molecule has 0 fully saturated rings. The van der Waals surface area contributed by atoms with Gasteiger partial charge in [-0.25, -0.2) is 0 Å². The maximum absolute atomic E-state index is 12.3. The normalized spacial score (nSPS) is 14.0. The number of rotatable bonds is 7. The van der Waals surface area contributed by atoms with Gasteiger partial charge in [-0.15, -0.1) is 0 Å². The maximum atomic E-state index is 12.3. The Bertz CT molecular complexity index is 736. The summed E-state index contributed by atoms with van der Waals surface area (Å²) < 4.78 is 0. The van der Waals surface area contributed by atoms with Crippen molar-refractivity contribution in [1.29, 1.82) is 0 Å². The topological polar surface area (TPSA) is 75.4 Å². The number of amides is 2. The largest absolute Gasteiger partial charge is 0.356 e. The molecule has 3 N–H and O–H groups in total. The molecule has 26 heavy (non-hydrogen) atoms. The van der Waals surface area contributed by atoms with Crippen LogP contribution in [0.3, 0.4) is 0 Å². The number of fused-ring (bicyclic) bond motifs is 1. The minimum Gasteiger partial charge on any atom is -0.356 e. The average Bonchev–Trinajstić information content (AvgIpc) is 3.10. The van der Waals surface area contributed by atoms with Crippen LogP contribution in [0.5, 0.6) is 0 Å². The van der Waals surface area contributed by atoms with Gasteiger partial charge in [0.15, 0.2) is 0 Å². The summed E-state index contributed by atoms with van der Waals surface area (Å²) in [6.45, 7) is 1.87. The van der Waals surface area contributed by atoms with E-state index in [1.165, 1.54) is 11.1 Å². The van der Waals surface area contributed by atoms with Crippen LogP contribution in [-0.2, 0) is 22.7 Å². The zero-order chi connectivity index (χ0) is 18.4. The fourth-order valence-corrected chi connectivity index (χ4v) is 3.23.